The average Bonchev–Trinajstić information content (AvgIpc) is 3.69. The molecule has 45 heavy (non-hydrogen) atoms. The third-order valence-electron chi connectivity index (χ3n) is 10.1. The SMILES string of the molecule is COc1ccc(-c2c(C3CCCCC3)c3ccc(C(=O)NS(N)(=O)=O)cc3n2CC(C)(C)C(=O)N2CC3CNCC3C2)c(C)c1. The number of hydrogen-bond acceptors (Lipinski definition) is 6. The Bertz CT molecular complexity index is 1730. The number of ether oxygens (including phenoxy) is 1. The molecule has 4 N–H and O–H groups in total. The van der Waals surface area contributed by atoms with Gasteiger partial charge >= 0.3 is 0 Å². The van der Waals surface area contributed by atoms with Gasteiger partial charge in [-0.15, -0.1) is 0 Å². The Hall–Kier alpha value is -3.41. The number of carbonyl (C=O) groups is 2. The van der Waals surface area contributed by atoms with E-state index < -0.39 is 21.5 Å². The third kappa shape index (κ3) is 6.22. The fourth-order valence-corrected chi connectivity index (χ4v) is 8.28. The zero-order valence-electron chi connectivity index (χ0n) is 26.7. The van der Waals surface area contributed by atoms with E-state index in [1.54, 1.807) is 19.2 Å². The lowest BCUT2D eigenvalue weighted by molar-refractivity contribution is -0.140. The number of nitrogens with one attached hydrogen (secondary N) is 2. The second kappa shape index (κ2) is 12.1. The molecule has 3 fully saturated rings. The van der Waals surface area contributed by atoms with E-state index in [1.165, 1.54) is 12.0 Å². The maximum atomic E-state index is 14.2. The van der Waals surface area contributed by atoms with Crippen LogP contribution in [0.15, 0.2) is 36.4 Å². The van der Waals surface area contributed by atoms with Gasteiger partial charge in [0.25, 0.3) is 16.1 Å². The topological polar surface area (TPSA) is 136 Å². The van der Waals surface area contributed by atoms with Crippen molar-refractivity contribution in [2.45, 2.75) is 65.3 Å². The molecule has 10 nitrogen and oxygen atoms in total. The Labute approximate surface area is 265 Å². The van der Waals surface area contributed by atoms with Gasteiger partial charge in [-0.3, -0.25) is 9.59 Å². The van der Waals surface area contributed by atoms with E-state index >= 15 is 0 Å². The molecule has 1 saturated carbocycles. The first-order valence-electron chi connectivity index (χ1n) is 16.0. The van der Waals surface area contributed by atoms with Crippen LogP contribution >= 0.6 is 0 Å². The van der Waals surface area contributed by atoms with Crippen LogP contribution < -0.4 is 19.9 Å². The van der Waals surface area contributed by atoms with Crippen molar-refractivity contribution in [1.82, 2.24) is 19.5 Å². The molecule has 2 unspecified atom stereocenters. The Kier molecular flexibility index (Phi) is 8.47. The number of aromatic nitrogens is 1. The summed E-state index contributed by atoms with van der Waals surface area (Å²) in [5.41, 5.74) is 4.60. The summed E-state index contributed by atoms with van der Waals surface area (Å²) in [7, 11) is -2.58. The molecular formula is C34H45N5O5S. The average molecular weight is 636 g/mol. The first-order valence-corrected chi connectivity index (χ1v) is 17.6. The van der Waals surface area contributed by atoms with Crippen molar-refractivity contribution in [1.29, 1.82) is 0 Å². The molecule has 0 spiro atoms. The molecule has 6 rings (SSSR count). The molecule has 1 aliphatic carbocycles. The van der Waals surface area contributed by atoms with Crippen molar-refractivity contribution < 1.29 is 22.7 Å². The molecule has 2 saturated heterocycles. The number of hydrogen-bond donors (Lipinski definition) is 3. The maximum absolute atomic E-state index is 14.2. The summed E-state index contributed by atoms with van der Waals surface area (Å²) >= 11 is 0. The highest BCUT2D eigenvalue weighted by atomic mass is 32.2. The Morgan fingerprint density at radius 3 is 2.36 bits per heavy atom. The highest BCUT2D eigenvalue weighted by molar-refractivity contribution is 7.87. The predicted molar refractivity (Wildman–Crippen MR) is 175 cm³/mol. The number of nitrogens with two attached hydrogens (primary N) is 1. The Morgan fingerprint density at radius 2 is 1.73 bits per heavy atom. The van der Waals surface area contributed by atoms with Crippen molar-refractivity contribution in [2.75, 3.05) is 33.3 Å². The summed E-state index contributed by atoms with van der Waals surface area (Å²) in [6.07, 6.45) is 5.61. The van der Waals surface area contributed by atoms with E-state index in [-0.39, 0.29) is 11.5 Å². The highest BCUT2D eigenvalue weighted by Gasteiger charge is 2.43. The minimum Gasteiger partial charge on any atom is -0.497 e. The van der Waals surface area contributed by atoms with E-state index in [9.17, 15) is 18.0 Å². The number of aryl methyl sites for hydroxylation is 1. The largest absolute Gasteiger partial charge is 0.497 e. The molecule has 242 valence electrons. The fourth-order valence-electron chi connectivity index (χ4n) is 7.91. The minimum absolute atomic E-state index is 0.124. The van der Waals surface area contributed by atoms with Crippen LogP contribution in [0.4, 0.5) is 0 Å². The van der Waals surface area contributed by atoms with Gasteiger partial charge in [0.1, 0.15) is 5.75 Å². The van der Waals surface area contributed by atoms with Gasteiger partial charge in [-0.1, -0.05) is 25.3 Å². The molecule has 11 heteroatoms. The van der Waals surface area contributed by atoms with Gasteiger partial charge in [0, 0.05) is 54.8 Å². The van der Waals surface area contributed by atoms with Gasteiger partial charge in [0.05, 0.1) is 18.2 Å². The summed E-state index contributed by atoms with van der Waals surface area (Å²) in [6, 6.07) is 11.4. The zero-order valence-corrected chi connectivity index (χ0v) is 27.5. The number of fused-ring (bicyclic) bond motifs is 2. The second-order valence-corrected chi connectivity index (χ2v) is 15.1. The summed E-state index contributed by atoms with van der Waals surface area (Å²) in [6.45, 7) is 9.91. The van der Waals surface area contributed by atoms with Crippen molar-refractivity contribution in [3.63, 3.8) is 0 Å². The van der Waals surface area contributed by atoms with Crippen LogP contribution in [0.2, 0.25) is 0 Å². The number of amides is 2. The molecule has 3 aliphatic rings. The molecule has 0 bridgehead atoms. The first-order chi connectivity index (χ1) is 21.4. The van der Waals surface area contributed by atoms with Crippen LogP contribution in [0.1, 0.15) is 73.4 Å². The van der Waals surface area contributed by atoms with Crippen LogP contribution in [0, 0.1) is 24.2 Å². The minimum atomic E-state index is -4.24. The van der Waals surface area contributed by atoms with Crippen molar-refractivity contribution in [3.8, 4) is 17.0 Å². The summed E-state index contributed by atoms with van der Waals surface area (Å²) < 4.78 is 33.1. The molecule has 0 radical (unpaired) electrons. The standard InChI is InChI=1S/C34H45N5O5S/c1-21-14-26(44-4)11-13-27(21)31-30(22-8-6-5-7-9-22)28-12-10-23(32(40)37-45(35,42)43)15-29(28)39(31)20-34(2,3)33(41)38-18-24-16-36-17-25(24)19-38/h10-15,22,24-25,36H,5-9,16-20H2,1-4H3,(H,37,40)(H2,35,42,43). The molecule has 3 aromatic rings. The monoisotopic (exact) mass is 635 g/mol. The van der Waals surface area contributed by atoms with E-state index in [2.05, 4.69) is 22.9 Å². The van der Waals surface area contributed by atoms with Crippen LogP contribution in [-0.2, 0) is 21.5 Å². The molecule has 2 amide bonds. The number of carbonyl (C=O) groups excluding carboxylic acids is 2. The number of nitrogens with zero attached hydrogens (tertiary/aromatic N) is 2. The van der Waals surface area contributed by atoms with Crippen molar-refractivity contribution >= 4 is 32.9 Å². The molecule has 2 atom stereocenters. The number of benzene rings is 2. The molecular weight excluding hydrogens is 590 g/mol. The molecule has 2 aliphatic heterocycles. The quantitative estimate of drug-likeness (QED) is 0.338. The van der Waals surface area contributed by atoms with Crippen molar-refractivity contribution in [2.24, 2.45) is 22.4 Å². The van der Waals surface area contributed by atoms with Crippen molar-refractivity contribution in [3.05, 3.63) is 53.1 Å². The lowest BCUT2D eigenvalue weighted by Gasteiger charge is -2.32. The summed E-state index contributed by atoms with van der Waals surface area (Å²) in [4.78, 5) is 29.3. The predicted octanol–water partition coefficient (Wildman–Crippen LogP) is 4.31. The van der Waals surface area contributed by atoms with E-state index in [0.29, 0.717) is 24.3 Å². The zero-order chi connectivity index (χ0) is 32.1. The first kappa shape index (κ1) is 31.6. The third-order valence-corrected chi connectivity index (χ3v) is 10.6. The van der Waals surface area contributed by atoms with Gasteiger partial charge in [0.15, 0.2) is 0 Å². The normalized spacial score (nSPS) is 20.9. The van der Waals surface area contributed by atoms with Gasteiger partial charge in [-0.05, 0) is 92.8 Å². The fraction of sp³-hybridized carbons (Fsp3) is 0.529. The number of methoxy groups -OCH3 is 1. The maximum Gasteiger partial charge on any atom is 0.298 e. The van der Waals surface area contributed by atoms with Crippen LogP contribution in [0.3, 0.4) is 0 Å². The van der Waals surface area contributed by atoms with Crippen LogP contribution in [-0.4, -0.2) is 63.0 Å². The summed E-state index contributed by atoms with van der Waals surface area (Å²) in [5, 5.41) is 9.62. The lowest BCUT2D eigenvalue weighted by atomic mass is 9.81. The number of rotatable bonds is 8. The molecule has 2 aromatic carbocycles. The smallest absolute Gasteiger partial charge is 0.298 e. The van der Waals surface area contributed by atoms with E-state index in [1.807, 2.05) is 41.7 Å². The van der Waals surface area contributed by atoms with Gasteiger partial charge < -0.3 is 19.5 Å². The molecule has 1 aromatic heterocycles. The van der Waals surface area contributed by atoms with Crippen LogP contribution in [0.5, 0.6) is 5.75 Å². The lowest BCUT2D eigenvalue weighted by Crippen LogP contribution is -2.43. The highest BCUT2D eigenvalue weighted by Crippen LogP contribution is 2.46. The van der Waals surface area contributed by atoms with Gasteiger partial charge in [0.2, 0.25) is 5.91 Å². The van der Waals surface area contributed by atoms with E-state index in [4.69, 9.17) is 9.88 Å². The van der Waals surface area contributed by atoms with E-state index in [0.717, 1.165) is 85.3 Å². The second-order valence-electron chi connectivity index (χ2n) is 13.8. The Morgan fingerprint density at radius 1 is 1.04 bits per heavy atom. The summed E-state index contributed by atoms with van der Waals surface area (Å²) in [5.74, 6) is 1.40. The Balaban J connectivity index is 1.53. The van der Waals surface area contributed by atoms with Gasteiger partial charge in [-0.25, -0.2) is 9.86 Å². The molecule has 3 heterocycles. The number of likely N-dealkylation sites (tertiary alicyclic amines) is 1. The van der Waals surface area contributed by atoms with Crippen LogP contribution in [0.25, 0.3) is 22.2 Å². The van der Waals surface area contributed by atoms with Gasteiger partial charge in [-0.2, -0.15) is 8.42 Å².